The van der Waals surface area contributed by atoms with Crippen LogP contribution >= 0.6 is 0 Å². The highest BCUT2D eigenvalue weighted by atomic mass is 15.2. The van der Waals surface area contributed by atoms with E-state index < -0.39 is 0 Å². The highest BCUT2D eigenvalue weighted by molar-refractivity contribution is 5.81. The quantitative estimate of drug-likeness (QED) is 0.717. The summed E-state index contributed by atoms with van der Waals surface area (Å²) in [5.41, 5.74) is 0. The van der Waals surface area contributed by atoms with Crippen molar-refractivity contribution in [3.05, 3.63) is 0 Å². The predicted octanol–water partition coefficient (Wildman–Crippen LogP) is 1.36. The van der Waals surface area contributed by atoms with Crippen LogP contribution in [0.5, 0.6) is 0 Å². The Morgan fingerprint density at radius 1 is 1.40 bits per heavy atom. The third-order valence-corrected chi connectivity index (χ3v) is 4.32. The molecule has 3 rings (SSSR count). The Kier molecular flexibility index (Phi) is 2.33. The summed E-state index contributed by atoms with van der Waals surface area (Å²) in [6.45, 7) is 4.24. The van der Waals surface area contributed by atoms with Crippen LogP contribution in [0.15, 0.2) is 4.99 Å². The van der Waals surface area contributed by atoms with E-state index in [0.717, 1.165) is 36.8 Å². The van der Waals surface area contributed by atoms with Gasteiger partial charge in [-0.05, 0) is 43.9 Å². The molecule has 2 bridgehead atoms. The van der Waals surface area contributed by atoms with Gasteiger partial charge in [-0.1, -0.05) is 6.42 Å². The lowest BCUT2D eigenvalue weighted by Gasteiger charge is -2.22. The average Bonchev–Trinajstić information content (AvgIpc) is 2.90. The van der Waals surface area contributed by atoms with Crippen molar-refractivity contribution in [3.8, 4) is 0 Å². The van der Waals surface area contributed by atoms with E-state index >= 15 is 0 Å². The number of nitrogens with zero attached hydrogens (tertiary/aromatic N) is 1. The number of hydrogen-bond acceptors (Lipinski definition) is 3. The monoisotopic (exact) mass is 207 g/mol. The van der Waals surface area contributed by atoms with Gasteiger partial charge in [0.1, 0.15) is 0 Å². The average molecular weight is 207 g/mol. The highest BCUT2D eigenvalue weighted by Crippen LogP contribution is 2.47. The van der Waals surface area contributed by atoms with Gasteiger partial charge in [0.25, 0.3) is 0 Å². The zero-order chi connectivity index (χ0) is 10.3. The van der Waals surface area contributed by atoms with Crippen molar-refractivity contribution in [1.82, 2.24) is 10.6 Å². The third kappa shape index (κ3) is 1.84. The van der Waals surface area contributed by atoms with Crippen LogP contribution in [-0.2, 0) is 0 Å². The lowest BCUT2D eigenvalue weighted by molar-refractivity contribution is 0.331. The molecule has 2 aliphatic carbocycles. The van der Waals surface area contributed by atoms with E-state index in [9.17, 15) is 0 Å². The lowest BCUT2D eigenvalue weighted by atomic mass is 9.89. The molecule has 0 spiro atoms. The van der Waals surface area contributed by atoms with Crippen LogP contribution < -0.4 is 10.6 Å². The molecule has 3 aliphatic rings. The summed E-state index contributed by atoms with van der Waals surface area (Å²) in [4.78, 5) is 4.43. The van der Waals surface area contributed by atoms with Crippen LogP contribution in [0.2, 0.25) is 0 Å². The third-order valence-electron chi connectivity index (χ3n) is 4.32. The van der Waals surface area contributed by atoms with Crippen LogP contribution in [0, 0.1) is 17.8 Å². The fourth-order valence-corrected chi connectivity index (χ4v) is 3.51. The number of rotatable bonds is 2. The molecule has 3 heteroatoms. The van der Waals surface area contributed by atoms with Gasteiger partial charge < -0.3 is 10.6 Å². The summed E-state index contributed by atoms with van der Waals surface area (Å²) >= 11 is 0. The molecule has 1 heterocycles. The second-order valence-corrected chi connectivity index (χ2v) is 5.55. The van der Waals surface area contributed by atoms with Crippen molar-refractivity contribution in [2.45, 2.75) is 38.6 Å². The van der Waals surface area contributed by atoms with Gasteiger partial charge in [-0.15, -0.1) is 0 Å². The number of fused-ring (bicyclic) bond motifs is 2. The minimum absolute atomic E-state index is 0.521. The molecule has 4 unspecified atom stereocenters. The van der Waals surface area contributed by atoms with E-state index in [-0.39, 0.29) is 0 Å². The molecule has 2 saturated carbocycles. The fraction of sp³-hybridized carbons (Fsp3) is 0.917. The van der Waals surface area contributed by atoms with Crippen molar-refractivity contribution < 1.29 is 0 Å². The maximum atomic E-state index is 4.43. The molecule has 1 aliphatic heterocycles. The van der Waals surface area contributed by atoms with E-state index in [0.29, 0.717) is 6.04 Å². The molecule has 0 amide bonds. The minimum Gasteiger partial charge on any atom is -0.356 e. The maximum Gasteiger partial charge on any atom is 0.191 e. The van der Waals surface area contributed by atoms with E-state index in [1.807, 2.05) is 0 Å². The first-order chi connectivity index (χ1) is 7.31. The summed E-state index contributed by atoms with van der Waals surface area (Å²) in [5, 5.41) is 6.84. The topological polar surface area (TPSA) is 36.4 Å². The Labute approximate surface area is 91.7 Å². The first-order valence-electron chi connectivity index (χ1n) is 6.36. The largest absolute Gasteiger partial charge is 0.356 e. The van der Waals surface area contributed by atoms with Crippen molar-refractivity contribution >= 4 is 5.96 Å². The molecular formula is C12H21N3. The van der Waals surface area contributed by atoms with Crippen LogP contribution in [0.4, 0.5) is 0 Å². The zero-order valence-corrected chi connectivity index (χ0v) is 9.50. The van der Waals surface area contributed by atoms with Crippen molar-refractivity contribution in [2.75, 3.05) is 13.1 Å². The SMILES string of the molecule is CC1CN=C(NCC2CC3CCC2C3)N1. The second kappa shape index (κ2) is 3.69. The molecule has 4 atom stereocenters. The Morgan fingerprint density at radius 2 is 2.33 bits per heavy atom. The van der Waals surface area contributed by atoms with Gasteiger partial charge in [0.15, 0.2) is 5.96 Å². The number of guanidine groups is 1. The second-order valence-electron chi connectivity index (χ2n) is 5.55. The van der Waals surface area contributed by atoms with Gasteiger partial charge in [-0.25, -0.2) is 0 Å². The van der Waals surface area contributed by atoms with Gasteiger partial charge >= 0.3 is 0 Å². The molecule has 3 nitrogen and oxygen atoms in total. The summed E-state index contributed by atoms with van der Waals surface area (Å²) in [6.07, 6.45) is 5.94. The van der Waals surface area contributed by atoms with Gasteiger partial charge in [-0.2, -0.15) is 0 Å². The fourth-order valence-electron chi connectivity index (χ4n) is 3.51. The van der Waals surface area contributed by atoms with E-state index in [1.165, 1.54) is 25.7 Å². The summed E-state index contributed by atoms with van der Waals surface area (Å²) in [6, 6.07) is 0.521. The van der Waals surface area contributed by atoms with Gasteiger partial charge in [0.2, 0.25) is 0 Å². The van der Waals surface area contributed by atoms with Crippen LogP contribution in [0.1, 0.15) is 32.6 Å². The van der Waals surface area contributed by atoms with Crippen molar-refractivity contribution in [1.29, 1.82) is 0 Å². The van der Waals surface area contributed by atoms with Gasteiger partial charge in [0.05, 0.1) is 6.54 Å². The zero-order valence-electron chi connectivity index (χ0n) is 9.50. The summed E-state index contributed by atoms with van der Waals surface area (Å²) in [5.74, 6) is 4.02. The number of hydrogen-bond donors (Lipinski definition) is 2. The summed E-state index contributed by atoms with van der Waals surface area (Å²) in [7, 11) is 0. The maximum absolute atomic E-state index is 4.43. The Balaban J connectivity index is 1.47. The van der Waals surface area contributed by atoms with Crippen molar-refractivity contribution in [3.63, 3.8) is 0 Å². The Bertz CT molecular complexity index is 274. The standard InChI is InChI=1S/C12H21N3/c1-8-6-13-12(15-8)14-7-11-5-9-2-3-10(11)4-9/h8-11H,2-7H2,1H3,(H2,13,14,15). The predicted molar refractivity (Wildman–Crippen MR) is 61.8 cm³/mol. The van der Waals surface area contributed by atoms with Crippen LogP contribution in [-0.4, -0.2) is 25.1 Å². The Morgan fingerprint density at radius 3 is 2.93 bits per heavy atom. The van der Waals surface area contributed by atoms with E-state index in [1.54, 1.807) is 0 Å². The first-order valence-corrected chi connectivity index (χ1v) is 6.36. The van der Waals surface area contributed by atoms with Gasteiger partial charge in [0, 0.05) is 12.6 Å². The molecule has 2 N–H and O–H groups in total. The van der Waals surface area contributed by atoms with Crippen LogP contribution in [0.25, 0.3) is 0 Å². The Hall–Kier alpha value is -0.730. The van der Waals surface area contributed by atoms with E-state index in [2.05, 4.69) is 22.5 Å². The minimum atomic E-state index is 0.521. The van der Waals surface area contributed by atoms with E-state index in [4.69, 9.17) is 0 Å². The van der Waals surface area contributed by atoms with Crippen LogP contribution in [0.3, 0.4) is 0 Å². The molecule has 2 fully saturated rings. The lowest BCUT2D eigenvalue weighted by Crippen LogP contribution is -2.40. The first kappa shape index (κ1) is 9.49. The molecule has 84 valence electrons. The van der Waals surface area contributed by atoms with Gasteiger partial charge in [-0.3, -0.25) is 4.99 Å². The highest BCUT2D eigenvalue weighted by Gasteiger charge is 2.39. The number of nitrogens with one attached hydrogen (secondary N) is 2. The molecule has 0 radical (unpaired) electrons. The molecule has 0 aromatic heterocycles. The van der Waals surface area contributed by atoms with Crippen molar-refractivity contribution in [2.24, 2.45) is 22.7 Å². The smallest absolute Gasteiger partial charge is 0.191 e. The summed E-state index contributed by atoms with van der Waals surface area (Å²) < 4.78 is 0. The molecule has 0 aromatic carbocycles. The molecule has 0 saturated heterocycles. The molecule has 15 heavy (non-hydrogen) atoms. The normalized spacial score (nSPS) is 42.9. The molecular weight excluding hydrogens is 186 g/mol. The number of aliphatic imine (C=N–C) groups is 1. The molecule has 0 aromatic rings.